The van der Waals surface area contributed by atoms with E-state index in [0.29, 0.717) is 12.3 Å². The molecule has 0 amide bonds. The van der Waals surface area contributed by atoms with Gasteiger partial charge in [0, 0.05) is 12.3 Å². The summed E-state index contributed by atoms with van der Waals surface area (Å²) >= 11 is 0. The first-order valence-corrected chi connectivity index (χ1v) is 6.89. The Morgan fingerprint density at radius 2 is 2.00 bits per heavy atom. The summed E-state index contributed by atoms with van der Waals surface area (Å²) in [5.74, 6) is 0.0631. The molecule has 0 radical (unpaired) electrons. The summed E-state index contributed by atoms with van der Waals surface area (Å²) in [4.78, 5) is 21.7. The number of hydrogen-bond donors (Lipinski definition) is 1. The Morgan fingerprint density at radius 3 is 2.67 bits per heavy atom. The van der Waals surface area contributed by atoms with Crippen LogP contribution in [0.3, 0.4) is 0 Å². The molecule has 104 valence electrons. The van der Waals surface area contributed by atoms with E-state index in [1.807, 2.05) is 0 Å². The molecule has 3 atom stereocenters. The minimum atomic E-state index is -0.424. The van der Waals surface area contributed by atoms with Crippen molar-refractivity contribution in [1.29, 1.82) is 0 Å². The van der Waals surface area contributed by atoms with E-state index >= 15 is 0 Å². The molecule has 0 aromatic rings. The van der Waals surface area contributed by atoms with Crippen LogP contribution in [0, 0.1) is 11.8 Å². The van der Waals surface area contributed by atoms with Crippen molar-refractivity contribution in [2.75, 3.05) is 7.11 Å². The van der Waals surface area contributed by atoms with E-state index < -0.39 is 6.10 Å². The quantitative estimate of drug-likeness (QED) is 0.410. The minimum absolute atomic E-state index is 0.144. The molecule has 0 heterocycles. The molecule has 0 aromatic carbocycles. The summed E-state index contributed by atoms with van der Waals surface area (Å²) in [5, 5.41) is 9.61. The number of methoxy groups -OCH3 is 1. The second-order valence-electron chi connectivity index (χ2n) is 5.15. The van der Waals surface area contributed by atoms with Gasteiger partial charge in [-0.25, -0.2) is 0 Å². The zero-order valence-electron chi connectivity index (χ0n) is 11.1. The Hall–Kier alpha value is -0.900. The topological polar surface area (TPSA) is 63.6 Å². The molecule has 1 aliphatic carbocycles. The van der Waals surface area contributed by atoms with E-state index in [-0.39, 0.29) is 11.9 Å². The third-order valence-corrected chi connectivity index (χ3v) is 3.91. The van der Waals surface area contributed by atoms with Crippen LogP contribution < -0.4 is 0 Å². The molecule has 0 bridgehead atoms. The molecule has 4 nitrogen and oxygen atoms in total. The lowest BCUT2D eigenvalue weighted by Gasteiger charge is -2.15. The third-order valence-electron chi connectivity index (χ3n) is 3.91. The van der Waals surface area contributed by atoms with E-state index in [9.17, 15) is 14.7 Å². The predicted molar refractivity (Wildman–Crippen MR) is 68.0 cm³/mol. The third kappa shape index (κ3) is 4.77. The number of carbonyl (C=O) groups is 2. The summed E-state index contributed by atoms with van der Waals surface area (Å²) in [6, 6.07) is 0. The molecule has 0 saturated heterocycles. The fourth-order valence-corrected chi connectivity index (χ4v) is 2.75. The Morgan fingerprint density at radius 1 is 1.28 bits per heavy atom. The Kier molecular flexibility index (Phi) is 6.94. The molecular formula is C14H24O4. The van der Waals surface area contributed by atoms with Crippen molar-refractivity contribution in [1.82, 2.24) is 0 Å². The highest BCUT2D eigenvalue weighted by molar-refractivity contribution is 5.68. The molecular weight excluding hydrogens is 232 g/mol. The maximum absolute atomic E-state index is 10.9. The molecule has 1 N–H and O–H groups in total. The van der Waals surface area contributed by atoms with Crippen LogP contribution in [0.1, 0.15) is 51.4 Å². The van der Waals surface area contributed by atoms with E-state index in [2.05, 4.69) is 4.74 Å². The van der Waals surface area contributed by atoms with Gasteiger partial charge in [-0.05, 0) is 31.6 Å². The van der Waals surface area contributed by atoms with E-state index in [4.69, 9.17) is 0 Å². The average molecular weight is 256 g/mol. The van der Waals surface area contributed by atoms with Crippen molar-refractivity contribution in [3.8, 4) is 0 Å². The van der Waals surface area contributed by atoms with Gasteiger partial charge in [0.2, 0.25) is 0 Å². The number of unbranched alkanes of at least 4 members (excludes halogenated alkanes) is 3. The van der Waals surface area contributed by atoms with Crippen molar-refractivity contribution >= 4 is 12.3 Å². The standard InChI is InChI=1S/C14H24O4/c1-18-14(17)7-5-3-2-4-6-11-8-9-13(16)12(11)10-15/h10-13,16H,2-9H2,1H3. The molecule has 0 aliphatic heterocycles. The first kappa shape index (κ1) is 15.2. The second kappa shape index (κ2) is 8.25. The van der Waals surface area contributed by atoms with Gasteiger partial charge in [0.1, 0.15) is 6.29 Å². The number of carbonyl (C=O) groups excluding carboxylic acids is 2. The summed E-state index contributed by atoms with van der Waals surface area (Å²) in [5.41, 5.74) is 0. The number of ether oxygens (including phenoxy) is 1. The van der Waals surface area contributed by atoms with Crippen LogP contribution >= 0.6 is 0 Å². The highest BCUT2D eigenvalue weighted by Gasteiger charge is 2.33. The van der Waals surface area contributed by atoms with Crippen molar-refractivity contribution < 1.29 is 19.4 Å². The zero-order chi connectivity index (χ0) is 13.4. The maximum atomic E-state index is 10.9. The van der Waals surface area contributed by atoms with E-state index in [1.54, 1.807) is 0 Å². The summed E-state index contributed by atoms with van der Waals surface area (Å²) < 4.78 is 4.57. The molecule has 1 fully saturated rings. The van der Waals surface area contributed by atoms with Crippen LogP contribution in [0.25, 0.3) is 0 Å². The van der Waals surface area contributed by atoms with Gasteiger partial charge >= 0.3 is 5.97 Å². The van der Waals surface area contributed by atoms with Gasteiger partial charge in [-0.2, -0.15) is 0 Å². The molecule has 1 rings (SSSR count). The Balaban J connectivity index is 2.04. The summed E-state index contributed by atoms with van der Waals surface area (Å²) in [6.07, 6.45) is 7.77. The van der Waals surface area contributed by atoms with Crippen LogP contribution in [0.4, 0.5) is 0 Å². The van der Waals surface area contributed by atoms with Crippen LogP contribution in [-0.4, -0.2) is 30.6 Å². The van der Waals surface area contributed by atoms with Gasteiger partial charge in [-0.3, -0.25) is 4.79 Å². The summed E-state index contributed by atoms with van der Waals surface area (Å²) in [7, 11) is 1.41. The van der Waals surface area contributed by atoms with Crippen molar-refractivity contribution in [2.45, 2.75) is 57.5 Å². The van der Waals surface area contributed by atoms with Gasteiger partial charge in [0.15, 0.2) is 0 Å². The van der Waals surface area contributed by atoms with Crippen LogP contribution in [0.15, 0.2) is 0 Å². The first-order chi connectivity index (χ1) is 8.69. The van der Waals surface area contributed by atoms with Crippen molar-refractivity contribution in [3.05, 3.63) is 0 Å². The second-order valence-corrected chi connectivity index (χ2v) is 5.15. The van der Waals surface area contributed by atoms with Gasteiger partial charge in [-0.1, -0.05) is 19.3 Å². The smallest absolute Gasteiger partial charge is 0.305 e. The lowest BCUT2D eigenvalue weighted by molar-refractivity contribution is -0.140. The van der Waals surface area contributed by atoms with Crippen LogP contribution in [0.2, 0.25) is 0 Å². The molecule has 0 aromatic heterocycles. The molecule has 1 aliphatic rings. The van der Waals surface area contributed by atoms with Gasteiger partial charge in [0.25, 0.3) is 0 Å². The van der Waals surface area contributed by atoms with Gasteiger partial charge < -0.3 is 14.6 Å². The molecule has 0 spiro atoms. The van der Waals surface area contributed by atoms with Gasteiger partial charge in [-0.15, -0.1) is 0 Å². The van der Waals surface area contributed by atoms with Crippen LogP contribution in [-0.2, 0) is 14.3 Å². The first-order valence-electron chi connectivity index (χ1n) is 6.89. The number of aliphatic hydroxyl groups is 1. The van der Waals surface area contributed by atoms with Crippen molar-refractivity contribution in [3.63, 3.8) is 0 Å². The number of aliphatic hydroxyl groups excluding tert-OH is 1. The fraction of sp³-hybridized carbons (Fsp3) is 0.857. The Bertz CT molecular complexity index is 265. The summed E-state index contributed by atoms with van der Waals surface area (Å²) in [6.45, 7) is 0. The number of rotatable bonds is 8. The fourth-order valence-electron chi connectivity index (χ4n) is 2.75. The minimum Gasteiger partial charge on any atom is -0.469 e. The van der Waals surface area contributed by atoms with E-state index in [1.165, 1.54) is 7.11 Å². The zero-order valence-corrected chi connectivity index (χ0v) is 11.1. The number of hydrogen-bond acceptors (Lipinski definition) is 4. The number of aldehydes is 1. The Labute approximate surface area is 109 Å². The largest absolute Gasteiger partial charge is 0.469 e. The normalized spacial score (nSPS) is 27.1. The monoisotopic (exact) mass is 256 g/mol. The SMILES string of the molecule is COC(=O)CCCCCCC1CCC(O)C1C=O. The number of esters is 1. The highest BCUT2D eigenvalue weighted by atomic mass is 16.5. The van der Waals surface area contributed by atoms with Crippen molar-refractivity contribution in [2.24, 2.45) is 11.8 Å². The highest BCUT2D eigenvalue weighted by Crippen LogP contribution is 2.34. The maximum Gasteiger partial charge on any atom is 0.305 e. The van der Waals surface area contributed by atoms with Crippen LogP contribution in [0.5, 0.6) is 0 Å². The molecule has 1 saturated carbocycles. The lowest BCUT2D eigenvalue weighted by Crippen LogP contribution is -2.20. The molecule has 18 heavy (non-hydrogen) atoms. The van der Waals surface area contributed by atoms with Gasteiger partial charge in [0.05, 0.1) is 13.2 Å². The molecule has 3 unspecified atom stereocenters. The lowest BCUT2D eigenvalue weighted by atomic mass is 9.91. The average Bonchev–Trinajstić information content (AvgIpc) is 2.73. The molecule has 4 heteroatoms. The predicted octanol–water partition coefficient (Wildman–Crippen LogP) is 2.09. The van der Waals surface area contributed by atoms with E-state index in [0.717, 1.165) is 51.2 Å².